The van der Waals surface area contributed by atoms with Crippen molar-refractivity contribution in [3.63, 3.8) is 0 Å². The molecule has 1 fully saturated rings. The molecule has 0 saturated carbocycles. The van der Waals surface area contributed by atoms with Crippen molar-refractivity contribution < 1.29 is 35.8 Å². The van der Waals surface area contributed by atoms with E-state index in [4.69, 9.17) is 0 Å². The number of hydrogen-bond donors (Lipinski definition) is 1. The van der Waals surface area contributed by atoms with E-state index >= 15 is 0 Å². The standard InChI is InChI=1S/C19H26F6N2O2/c1-4-5-14-10-15(6-7-16(14)27-9-8-26-13(2)11-27)17(18(20,21)22,19(23,24)25)29-12-28-3/h6-7,10,13,26H,4-5,8-9,11-12H2,1-3H3. The summed E-state index contributed by atoms with van der Waals surface area (Å²) in [5, 5.41) is 3.26. The molecule has 0 amide bonds. The summed E-state index contributed by atoms with van der Waals surface area (Å²) in [4.78, 5) is 1.98. The number of halogens is 6. The molecule has 0 radical (unpaired) electrons. The molecular weight excluding hydrogens is 402 g/mol. The number of rotatable bonds is 7. The quantitative estimate of drug-likeness (QED) is 0.516. The Balaban J connectivity index is 2.61. The third kappa shape index (κ3) is 4.80. The average molecular weight is 428 g/mol. The molecule has 166 valence electrons. The number of methoxy groups -OCH3 is 1. The third-order valence-electron chi connectivity index (χ3n) is 4.91. The molecule has 2 rings (SSSR count). The van der Waals surface area contributed by atoms with E-state index in [9.17, 15) is 26.3 Å². The van der Waals surface area contributed by atoms with Crippen LogP contribution in [0.1, 0.15) is 31.4 Å². The maximum atomic E-state index is 13.8. The molecule has 4 nitrogen and oxygen atoms in total. The van der Waals surface area contributed by atoms with Gasteiger partial charge < -0.3 is 19.7 Å². The van der Waals surface area contributed by atoms with Gasteiger partial charge in [-0.3, -0.25) is 0 Å². The number of benzene rings is 1. The van der Waals surface area contributed by atoms with E-state index in [1.54, 1.807) is 0 Å². The van der Waals surface area contributed by atoms with Crippen LogP contribution in [0.2, 0.25) is 0 Å². The molecule has 1 saturated heterocycles. The zero-order chi connectivity index (χ0) is 21.9. The van der Waals surface area contributed by atoms with Crippen LogP contribution in [0.25, 0.3) is 0 Å². The Morgan fingerprint density at radius 1 is 1.14 bits per heavy atom. The number of hydrogen-bond acceptors (Lipinski definition) is 4. The minimum Gasteiger partial charge on any atom is -0.368 e. The topological polar surface area (TPSA) is 33.7 Å². The zero-order valence-corrected chi connectivity index (χ0v) is 16.6. The second kappa shape index (κ2) is 9.09. The predicted octanol–water partition coefficient (Wildman–Crippen LogP) is 4.38. The molecule has 10 heteroatoms. The van der Waals surface area contributed by atoms with Crippen molar-refractivity contribution in [3.05, 3.63) is 29.3 Å². The van der Waals surface area contributed by atoms with Crippen LogP contribution in [-0.2, 0) is 21.5 Å². The van der Waals surface area contributed by atoms with Crippen LogP contribution in [0.5, 0.6) is 0 Å². The van der Waals surface area contributed by atoms with Gasteiger partial charge in [-0.1, -0.05) is 25.5 Å². The summed E-state index contributed by atoms with van der Waals surface area (Å²) in [5.41, 5.74) is -4.38. The number of nitrogens with zero attached hydrogens (tertiary/aromatic N) is 1. The molecule has 1 aromatic carbocycles. The maximum absolute atomic E-state index is 13.8. The van der Waals surface area contributed by atoms with Gasteiger partial charge in [0, 0.05) is 44.0 Å². The highest BCUT2D eigenvalue weighted by Gasteiger charge is 2.73. The molecule has 1 aromatic rings. The molecule has 0 aliphatic carbocycles. The van der Waals surface area contributed by atoms with E-state index < -0.39 is 30.3 Å². The van der Waals surface area contributed by atoms with Crippen molar-refractivity contribution in [1.29, 1.82) is 0 Å². The average Bonchev–Trinajstić information content (AvgIpc) is 2.60. The van der Waals surface area contributed by atoms with Crippen LogP contribution >= 0.6 is 0 Å². The van der Waals surface area contributed by atoms with E-state index in [0.717, 1.165) is 19.2 Å². The highest BCUT2D eigenvalue weighted by molar-refractivity contribution is 5.57. The van der Waals surface area contributed by atoms with Crippen molar-refractivity contribution >= 4 is 5.69 Å². The van der Waals surface area contributed by atoms with Gasteiger partial charge in [0.25, 0.3) is 5.60 Å². The second-order valence-corrected chi connectivity index (χ2v) is 7.12. The summed E-state index contributed by atoms with van der Waals surface area (Å²) in [6.07, 6.45) is -10.5. The molecule has 0 aromatic heterocycles. The Morgan fingerprint density at radius 3 is 2.31 bits per heavy atom. The Labute approximate surface area is 166 Å². The van der Waals surface area contributed by atoms with Crippen molar-refractivity contribution in [1.82, 2.24) is 5.32 Å². The first-order valence-electron chi connectivity index (χ1n) is 9.36. The summed E-state index contributed by atoms with van der Waals surface area (Å²) in [6, 6.07) is 3.33. The van der Waals surface area contributed by atoms with Gasteiger partial charge in [0.15, 0.2) is 0 Å². The van der Waals surface area contributed by atoms with E-state index in [1.165, 1.54) is 6.07 Å². The highest BCUT2D eigenvalue weighted by atomic mass is 19.4. The highest BCUT2D eigenvalue weighted by Crippen LogP contribution is 2.53. The van der Waals surface area contributed by atoms with Crippen molar-refractivity contribution in [2.45, 2.75) is 50.7 Å². The molecule has 1 heterocycles. The molecule has 1 aliphatic heterocycles. The fourth-order valence-corrected chi connectivity index (χ4v) is 3.62. The van der Waals surface area contributed by atoms with Crippen molar-refractivity contribution in [2.75, 3.05) is 38.4 Å². The Morgan fingerprint density at radius 2 is 1.79 bits per heavy atom. The molecule has 1 aliphatic rings. The second-order valence-electron chi connectivity index (χ2n) is 7.12. The minimum absolute atomic E-state index is 0.160. The number of alkyl halides is 6. The largest absolute Gasteiger partial charge is 0.430 e. The first-order chi connectivity index (χ1) is 13.5. The molecule has 0 spiro atoms. The lowest BCUT2D eigenvalue weighted by atomic mass is 9.89. The van der Waals surface area contributed by atoms with Gasteiger partial charge >= 0.3 is 12.4 Å². The first-order valence-corrected chi connectivity index (χ1v) is 9.36. The smallest absolute Gasteiger partial charge is 0.368 e. The Bertz CT molecular complexity index is 664. The predicted molar refractivity (Wildman–Crippen MR) is 96.9 cm³/mol. The fourth-order valence-electron chi connectivity index (χ4n) is 3.62. The molecule has 1 unspecified atom stereocenters. The molecule has 1 atom stereocenters. The minimum atomic E-state index is -5.72. The van der Waals surface area contributed by atoms with Crippen molar-refractivity contribution in [2.24, 2.45) is 0 Å². The summed E-state index contributed by atoms with van der Waals surface area (Å²) in [7, 11) is 0.967. The van der Waals surface area contributed by atoms with E-state index in [0.29, 0.717) is 43.7 Å². The van der Waals surface area contributed by atoms with Gasteiger partial charge in [-0.15, -0.1) is 0 Å². The van der Waals surface area contributed by atoms with Crippen LogP contribution in [-0.4, -0.2) is 51.9 Å². The first kappa shape index (κ1) is 23.8. The lowest BCUT2D eigenvalue weighted by Gasteiger charge is -2.38. The number of aryl methyl sites for hydroxylation is 1. The van der Waals surface area contributed by atoms with Crippen LogP contribution in [0.3, 0.4) is 0 Å². The normalized spacial score (nSPS) is 18.9. The maximum Gasteiger partial charge on any atom is 0.430 e. The van der Waals surface area contributed by atoms with E-state index in [1.807, 2.05) is 18.7 Å². The lowest BCUT2D eigenvalue weighted by Crippen LogP contribution is -2.56. The molecular formula is C19H26F6N2O2. The zero-order valence-electron chi connectivity index (χ0n) is 16.6. The Hall–Kier alpha value is -1.52. The number of nitrogens with one attached hydrogen (secondary N) is 1. The van der Waals surface area contributed by atoms with Gasteiger partial charge in [-0.05, 0) is 25.0 Å². The fraction of sp³-hybridized carbons (Fsp3) is 0.684. The number of anilines is 1. The number of ether oxygens (including phenoxy) is 2. The van der Waals surface area contributed by atoms with E-state index in [-0.39, 0.29) is 6.04 Å². The van der Waals surface area contributed by atoms with Gasteiger partial charge in [0.2, 0.25) is 0 Å². The van der Waals surface area contributed by atoms with Gasteiger partial charge in [0.05, 0.1) is 0 Å². The lowest BCUT2D eigenvalue weighted by molar-refractivity contribution is -0.400. The number of piperazine rings is 1. The van der Waals surface area contributed by atoms with Crippen LogP contribution in [0.15, 0.2) is 18.2 Å². The summed E-state index contributed by atoms with van der Waals surface area (Å²) in [6.45, 7) is 4.54. The van der Waals surface area contributed by atoms with Gasteiger partial charge in [-0.25, -0.2) is 0 Å². The third-order valence-corrected chi connectivity index (χ3v) is 4.91. The summed E-state index contributed by atoms with van der Waals surface area (Å²) < 4.78 is 91.4. The SMILES string of the molecule is CCCc1cc(C(OCOC)(C(F)(F)F)C(F)(F)F)ccc1N1CCNC(C)C1. The summed E-state index contributed by atoms with van der Waals surface area (Å²) >= 11 is 0. The van der Waals surface area contributed by atoms with E-state index in [2.05, 4.69) is 14.8 Å². The molecule has 1 N–H and O–H groups in total. The van der Waals surface area contributed by atoms with Crippen molar-refractivity contribution in [3.8, 4) is 0 Å². The van der Waals surface area contributed by atoms with Gasteiger partial charge in [-0.2, -0.15) is 26.3 Å². The Kier molecular flexibility index (Phi) is 7.45. The monoisotopic (exact) mass is 428 g/mol. The molecule has 0 bridgehead atoms. The van der Waals surface area contributed by atoms with Crippen LogP contribution in [0.4, 0.5) is 32.0 Å². The van der Waals surface area contributed by atoms with Crippen LogP contribution < -0.4 is 10.2 Å². The van der Waals surface area contributed by atoms with Crippen LogP contribution in [0, 0.1) is 0 Å². The summed E-state index contributed by atoms with van der Waals surface area (Å²) in [5.74, 6) is 0. The van der Waals surface area contributed by atoms with Gasteiger partial charge in [0.1, 0.15) is 6.79 Å². The molecule has 29 heavy (non-hydrogen) atoms.